The van der Waals surface area contributed by atoms with Crippen molar-refractivity contribution in [1.29, 1.82) is 0 Å². The maximum absolute atomic E-state index is 13.1. The molecule has 1 saturated heterocycles. The van der Waals surface area contributed by atoms with E-state index < -0.39 is 23.6 Å². The molecule has 1 aliphatic carbocycles. The highest BCUT2D eigenvalue weighted by atomic mass is 32.2. The molecule has 2 aromatic rings. The molecule has 2 fully saturated rings. The van der Waals surface area contributed by atoms with Gasteiger partial charge in [-0.2, -0.15) is 13.2 Å². The topological polar surface area (TPSA) is 68.2 Å². The summed E-state index contributed by atoms with van der Waals surface area (Å²) in [5.74, 6) is -0.561. The van der Waals surface area contributed by atoms with Gasteiger partial charge < -0.3 is 23.7 Å². The van der Waals surface area contributed by atoms with Crippen LogP contribution in [-0.2, 0) is 16.1 Å². The Kier molecular flexibility index (Phi) is 9.95. The van der Waals surface area contributed by atoms with Crippen molar-refractivity contribution >= 4 is 17.9 Å². The van der Waals surface area contributed by atoms with Crippen LogP contribution in [0.5, 0.6) is 11.5 Å². The second-order valence-electron chi connectivity index (χ2n) is 11.1. The van der Waals surface area contributed by atoms with E-state index in [9.17, 15) is 23.1 Å². The fourth-order valence-electron chi connectivity index (χ4n) is 5.62. The highest BCUT2D eigenvalue weighted by molar-refractivity contribution is 7.95. The molecule has 220 valence electrons. The Morgan fingerprint density at radius 3 is 2.45 bits per heavy atom. The first-order valence-electron chi connectivity index (χ1n) is 13.7. The highest BCUT2D eigenvalue weighted by Crippen LogP contribution is 2.48. The zero-order valence-electron chi connectivity index (χ0n) is 23.2. The molecule has 4 rings (SSSR count). The zero-order chi connectivity index (χ0) is 28.9. The maximum atomic E-state index is 13.1. The summed E-state index contributed by atoms with van der Waals surface area (Å²) >= 11 is 1.18. The van der Waals surface area contributed by atoms with E-state index in [0.29, 0.717) is 44.0 Å². The van der Waals surface area contributed by atoms with Gasteiger partial charge in [0.15, 0.2) is 11.5 Å². The van der Waals surface area contributed by atoms with E-state index >= 15 is 0 Å². The lowest BCUT2D eigenvalue weighted by Crippen LogP contribution is -2.38. The third kappa shape index (κ3) is 7.25. The highest BCUT2D eigenvalue weighted by Gasteiger charge is 2.48. The normalized spacial score (nSPS) is 26.0. The molecule has 1 N–H and O–H groups in total. The molecule has 1 amide bonds. The third-order valence-corrected chi connectivity index (χ3v) is 9.40. The van der Waals surface area contributed by atoms with Gasteiger partial charge in [-0.1, -0.05) is 43.3 Å². The summed E-state index contributed by atoms with van der Waals surface area (Å²) in [6.45, 7) is 4.78. The van der Waals surface area contributed by atoms with E-state index in [1.54, 1.807) is 17.9 Å². The fraction of sp³-hybridized carbons (Fsp3) is 0.567. The quantitative estimate of drug-likeness (QED) is 0.329. The van der Waals surface area contributed by atoms with Crippen molar-refractivity contribution in [2.75, 3.05) is 26.8 Å². The van der Waals surface area contributed by atoms with Crippen molar-refractivity contribution < 1.29 is 36.7 Å². The number of hydrogen-bond acceptors (Lipinski definition) is 6. The monoisotopic (exact) mass is 581 g/mol. The van der Waals surface area contributed by atoms with Gasteiger partial charge in [-0.3, -0.25) is 4.79 Å². The first-order valence-corrected chi connectivity index (χ1v) is 14.5. The third-order valence-electron chi connectivity index (χ3n) is 8.38. The van der Waals surface area contributed by atoms with E-state index in [1.807, 2.05) is 49.4 Å². The van der Waals surface area contributed by atoms with Crippen molar-refractivity contribution in [2.24, 2.45) is 11.3 Å². The summed E-state index contributed by atoms with van der Waals surface area (Å²) in [7, 11) is 1.53. The predicted octanol–water partition coefficient (Wildman–Crippen LogP) is 6.37. The number of amides is 1. The van der Waals surface area contributed by atoms with Crippen molar-refractivity contribution in [3.05, 3.63) is 59.7 Å². The molecule has 1 heterocycles. The lowest BCUT2D eigenvalue weighted by atomic mass is 9.72. The number of carbonyl (C=O) groups is 1. The standard InChI is InChI=1S/C30H38F3NO5S/c1-20(35)29(2)19-34(28(36)18-38-17-21-7-5-4-6-8-21)16-25(29)22-9-14-26(37-3)27(15-22)39-40-24-12-10-23(11-13-24)30(31,32)33/h4-9,14-15,20,23-25,35H,10-13,16-19H2,1-3H3/t20-,23?,24?,25+,29+/m1/s1. The van der Waals surface area contributed by atoms with Gasteiger partial charge in [0.05, 0.1) is 37.8 Å². The predicted molar refractivity (Wildman–Crippen MR) is 148 cm³/mol. The summed E-state index contributed by atoms with van der Waals surface area (Å²) in [6.07, 6.45) is -3.75. The second kappa shape index (κ2) is 13.0. The number of halogens is 3. The Morgan fingerprint density at radius 1 is 1.12 bits per heavy atom. The number of benzene rings is 2. The van der Waals surface area contributed by atoms with E-state index in [-0.39, 0.29) is 36.5 Å². The molecule has 2 aromatic carbocycles. The Bertz CT molecular complexity index is 1120. The molecule has 6 nitrogen and oxygen atoms in total. The minimum atomic E-state index is -4.14. The van der Waals surface area contributed by atoms with Crippen LogP contribution in [0, 0.1) is 11.3 Å². The molecule has 1 saturated carbocycles. The first-order chi connectivity index (χ1) is 19.0. The molecule has 10 heteroatoms. The van der Waals surface area contributed by atoms with E-state index in [2.05, 4.69) is 0 Å². The summed E-state index contributed by atoms with van der Waals surface area (Å²) in [5.41, 5.74) is 1.27. The second-order valence-corrected chi connectivity index (χ2v) is 12.1. The lowest BCUT2D eigenvalue weighted by molar-refractivity contribution is -0.181. The molecular formula is C30H38F3NO5S. The Morgan fingerprint density at radius 2 is 1.82 bits per heavy atom. The Hall–Kier alpha value is -2.43. The summed E-state index contributed by atoms with van der Waals surface area (Å²) in [5, 5.41) is 10.7. The lowest BCUT2D eigenvalue weighted by Gasteiger charge is -2.34. The van der Waals surface area contributed by atoms with E-state index in [0.717, 1.165) is 11.1 Å². The SMILES string of the molecule is COc1ccc([C@@H]2CN(C(=O)COCc3ccccc3)C[C@@]2(C)[C@@H](C)O)cc1OSC1CCC(C(F)(F)F)CC1. The van der Waals surface area contributed by atoms with Crippen LogP contribution < -0.4 is 8.92 Å². The maximum Gasteiger partial charge on any atom is 0.391 e. The van der Waals surface area contributed by atoms with E-state index in [4.69, 9.17) is 13.7 Å². The number of likely N-dealkylation sites (tertiary alicyclic amines) is 1. The summed E-state index contributed by atoms with van der Waals surface area (Å²) in [6, 6.07) is 15.2. The number of hydrogen-bond donors (Lipinski definition) is 1. The van der Waals surface area contributed by atoms with Crippen molar-refractivity contribution in [2.45, 2.75) is 69.6 Å². The average molecular weight is 582 g/mol. The molecule has 40 heavy (non-hydrogen) atoms. The minimum absolute atomic E-state index is 0.0369. The molecule has 0 radical (unpaired) electrons. The largest absolute Gasteiger partial charge is 0.493 e. The van der Waals surface area contributed by atoms with Gasteiger partial charge in [0.2, 0.25) is 5.91 Å². The van der Waals surface area contributed by atoms with Crippen molar-refractivity contribution in [3.63, 3.8) is 0 Å². The van der Waals surface area contributed by atoms with Crippen LogP contribution in [-0.4, -0.2) is 60.3 Å². The molecule has 1 aliphatic heterocycles. The summed E-state index contributed by atoms with van der Waals surface area (Å²) < 4.78 is 56.3. The van der Waals surface area contributed by atoms with Crippen LogP contribution in [0.15, 0.2) is 48.5 Å². The zero-order valence-corrected chi connectivity index (χ0v) is 24.0. The van der Waals surface area contributed by atoms with Gasteiger partial charge >= 0.3 is 6.18 Å². The van der Waals surface area contributed by atoms with Crippen LogP contribution in [0.1, 0.15) is 56.6 Å². The number of rotatable bonds is 10. The smallest absolute Gasteiger partial charge is 0.391 e. The van der Waals surface area contributed by atoms with Crippen LogP contribution in [0.25, 0.3) is 0 Å². The van der Waals surface area contributed by atoms with Crippen LogP contribution in [0.4, 0.5) is 13.2 Å². The first kappa shape index (κ1) is 30.5. The summed E-state index contributed by atoms with van der Waals surface area (Å²) in [4.78, 5) is 14.8. The van der Waals surface area contributed by atoms with Crippen molar-refractivity contribution in [3.8, 4) is 11.5 Å². The van der Waals surface area contributed by atoms with Crippen LogP contribution in [0.3, 0.4) is 0 Å². The number of aliphatic hydroxyl groups is 1. The van der Waals surface area contributed by atoms with Gasteiger partial charge in [-0.25, -0.2) is 0 Å². The molecule has 0 aromatic heterocycles. The van der Waals surface area contributed by atoms with Crippen molar-refractivity contribution in [1.82, 2.24) is 4.90 Å². The number of methoxy groups -OCH3 is 1. The Balaban J connectivity index is 1.42. The molecule has 2 aliphatic rings. The number of alkyl halides is 3. The average Bonchev–Trinajstić information content (AvgIpc) is 3.31. The number of nitrogens with zero attached hydrogens (tertiary/aromatic N) is 1. The van der Waals surface area contributed by atoms with Crippen LogP contribution >= 0.6 is 12.0 Å². The van der Waals surface area contributed by atoms with Gasteiger partial charge in [0.1, 0.15) is 6.61 Å². The molecule has 3 atom stereocenters. The number of carbonyl (C=O) groups excluding carboxylic acids is 1. The molecule has 0 spiro atoms. The fourth-order valence-corrected chi connectivity index (χ4v) is 6.45. The minimum Gasteiger partial charge on any atom is -0.493 e. The molecular weight excluding hydrogens is 543 g/mol. The van der Waals surface area contributed by atoms with Gasteiger partial charge in [0, 0.05) is 29.7 Å². The van der Waals surface area contributed by atoms with E-state index in [1.165, 1.54) is 19.2 Å². The number of aliphatic hydroxyl groups excluding tert-OH is 1. The number of ether oxygens (including phenoxy) is 2. The van der Waals surface area contributed by atoms with Gasteiger partial charge in [-0.05, 0) is 55.9 Å². The Labute approximate surface area is 238 Å². The molecule has 0 bridgehead atoms. The van der Waals surface area contributed by atoms with Gasteiger partial charge in [0.25, 0.3) is 0 Å². The van der Waals surface area contributed by atoms with Crippen LogP contribution in [0.2, 0.25) is 0 Å². The van der Waals surface area contributed by atoms with Gasteiger partial charge in [-0.15, -0.1) is 0 Å². The molecule has 0 unspecified atom stereocenters.